The zero-order chi connectivity index (χ0) is 11.3. The standard InChI is InChI=1S/C10H11N3O2/c1-15-8-5-7(6-13-10(8)12)3-2-4-9(11)14/h5-6H,4H2,1H3,(H2,11,14)(H2,12,13). The van der Waals surface area contributed by atoms with Crippen LogP contribution in [0.3, 0.4) is 0 Å². The highest BCUT2D eigenvalue weighted by Crippen LogP contribution is 2.18. The van der Waals surface area contributed by atoms with Crippen LogP contribution in [0.5, 0.6) is 5.75 Å². The molecule has 0 aromatic carbocycles. The number of anilines is 1. The van der Waals surface area contributed by atoms with Gasteiger partial charge in [-0.15, -0.1) is 0 Å². The minimum absolute atomic E-state index is 0.0205. The largest absolute Gasteiger partial charge is 0.493 e. The van der Waals surface area contributed by atoms with Crippen LogP contribution in [0.1, 0.15) is 12.0 Å². The van der Waals surface area contributed by atoms with Crippen molar-refractivity contribution in [2.75, 3.05) is 12.8 Å². The first kappa shape index (κ1) is 10.9. The number of hydrogen-bond acceptors (Lipinski definition) is 4. The number of methoxy groups -OCH3 is 1. The van der Waals surface area contributed by atoms with E-state index in [-0.39, 0.29) is 6.42 Å². The molecule has 0 fully saturated rings. The number of primary amides is 1. The maximum atomic E-state index is 10.4. The zero-order valence-corrected chi connectivity index (χ0v) is 8.28. The van der Waals surface area contributed by atoms with E-state index >= 15 is 0 Å². The van der Waals surface area contributed by atoms with Crippen molar-refractivity contribution in [1.82, 2.24) is 4.98 Å². The summed E-state index contributed by atoms with van der Waals surface area (Å²) in [7, 11) is 1.49. The summed E-state index contributed by atoms with van der Waals surface area (Å²) in [6, 6.07) is 1.65. The zero-order valence-electron chi connectivity index (χ0n) is 8.28. The summed E-state index contributed by atoms with van der Waals surface area (Å²) in [5.41, 5.74) is 11.1. The molecule has 0 bridgehead atoms. The van der Waals surface area contributed by atoms with Crippen LogP contribution in [-0.4, -0.2) is 18.0 Å². The number of carbonyl (C=O) groups excluding carboxylic acids is 1. The minimum atomic E-state index is -0.460. The van der Waals surface area contributed by atoms with Gasteiger partial charge in [-0.05, 0) is 0 Å². The van der Waals surface area contributed by atoms with Gasteiger partial charge in [0, 0.05) is 17.8 Å². The number of pyridine rings is 1. The molecule has 5 nitrogen and oxygen atoms in total. The third-order valence-electron chi connectivity index (χ3n) is 1.60. The second-order valence-corrected chi connectivity index (χ2v) is 2.76. The Hall–Kier alpha value is -2.22. The van der Waals surface area contributed by atoms with Crippen molar-refractivity contribution in [1.29, 1.82) is 0 Å². The van der Waals surface area contributed by atoms with Crippen LogP contribution < -0.4 is 16.2 Å². The molecule has 0 aliphatic heterocycles. The summed E-state index contributed by atoms with van der Waals surface area (Å²) in [6.07, 6.45) is 1.53. The highest BCUT2D eigenvalue weighted by molar-refractivity contribution is 5.76. The molecule has 0 unspecified atom stereocenters. The first-order chi connectivity index (χ1) is 7.13. The highest BCUT2D eigenvalue weighted by atomic mass is 16.5. The van der Waals surface area contributed by atoms with Crippen LogP contribution in [0.4, 0.5) is 5.82 Å². The van der Waals surface area contributed by atoms with Gasteiger partial charge in [-0.3, -0.25) is 4.79 Å². The van der Waals surface area contributed by atoms with Crippen molar-refractivity contribution in [3.63, 3.8) is 0 Å². The molecule has 0 saturated carbocycles. The number of amides is 1. The number of aromatic nitrogens is 1. The average molecular weight is 205 g/mol. The molecule has 5 heteroatoms. The maximum absolute atomic E-state index is 10.4. The minimum Gasteiger partial charge on any atom is -0.493 e. The van der Waals surface area contributed by atoms with Crippen LogP contribution in [-0.2, 0) is 4.79 Å². The molecule has 0 saturated heterocycles. The fourth-order valence-electron chi connectivity index (χ4n) is 0.920. The van der Waals surface area contributed by atoms with E-state index in [4.69, 9.17) is 16.2 Å². The van der Waals surface area contributed by atoms with Crippen LogP contribution in [0.2, 0.25) is 0 Å². The molecule has 1 aromatic rings. The van der Waals surface area contributed by atoms with Crippen molar-refractivity contribution >= 4 is 11.7 Å². The number of nitrogens with two attached hydrogens (primary N) is 2. The van der Waals surface area contributed by atoms with Gasteiger partial charge in [0.1, 0.15) is 0 Å². The highest BCUT2D eigenvalue weighted by Gasteiger charge is 1.99. The first-order valence-electron chi connectivity index (χ1n) is 4.20. The van der Waals surface area contributed by atoms with E-state index < -0.39 is 5.91 Å². The Morgan fingerprint density at radius 1 is 1.67 bits per heavy atom. The average Bonchev–Trinajstić information content (AvgIpc) is 2.20. The first-order valence-corrected chi connectivity index (χ1v) is 4.20. The van der Waals surface area contributed by atoms with Gasteiger partial charge in [-0.1, -0.05) is 11.8 Å². The van der Waals surface area contributed by atoms with Crippen LogP contribution in [0.25, 0.3) is 0 Å². The summed E-state index contributed by atoms with van der Waals surface area (Å²) in [5, 5.41) is 0. The lowest BCUT2D eigenvalue weighted by Gasteiger charge is -2.02. The lowest BCUT2D eigenvalue weighted by atomic mass is 10.2. The Labute approximate surface area is 87.4 Å². The van der Waals surface area contributed by atoms with E-state index in [1.807, 2.05) is 0 Å². The van der Waals surface area contributed by atoms with E-state index in [0.717, 1.165) is 0 Å². The Balaban J connectivity index is 2.85. The van der Waals surface area contributed by atoms with Gasteiger partial charge in [-0.2, -0.15) is 0 Å². The topological polar surface area (TPSA) is 91.2 Å². The molecule has 4 N–H and O–H groups in total. The van der Waals surface area contributed by atoms with Crippen LogP contribution >= 0.6 is 0 Å². The van der Waals surface area contributed by atoms with Crippen molar-refractivity contribution in [2.45, 2.75) is 6.42 Å². The van der Waals surface area contributed by atoms with Gasteiger partial charge in [0.05, 0.1) is 13.5 Å². The molecule has 0 atom stereocenters. The van der Waals surface area contributed by atoms with Crippen molar-refractivity contribution < 1.29 is 9.53 Å². The predicted octanol–water partition coefficient (Wildman–Crippen LogP) is -0.101. The van der Waals surface area contributed by atoms with E-state index in [9.17, 15) is 4.79 Å². The molecule has 1 amide bonds. The smallest absolute Gasteiger partial charge is 0.229 e. The van der Waals surface area contributed by atoms with E-state index in [0.29, 0.717) is 17.1 Å². The molecule has 1 rings (SSSR count). The fraction of sp³-hybridized carbons (Fsp3) is 0.200. The molecule has 0 aliphatic carbocycles. The summed E-state index contributed by atoms with van der Waals surface area (Å²) >= 11 is 0. The van der Waals surface area contributed by atoms with Crippen molar-refractivity contribution in [3.8, 4) is 17.6 Å². The lowest BCUT2D eigenvalue weighted by Crippen LogP contribution is -2.08. The summed E-state index contributed by atoms with van der Waals surface area (Å²) in [5.74, 6) is 5.64. The Morgan fingerprint density at radius 3 is 3.00 bits per heavy atom. The van der Waals surface area contributed by atoms with Gasteiger partial charge >= 0.3 is 0 Å². The van der Waals surface area contributed by atoms with Crippen molar-refractivity contribution in [2.24, 2.45) is 5.73 Å². The second-order valence-electron chi connectivity index (χ2n) is 2.76. The van der Waals surface area contributed by atoms with E-state index in [2.05, 4.69) is 16.8 Å². The number of nitrogens with zero attached hydrogens (tertiary/aromatic N) is 1. The summed E-state index contributed by atoms with van der Waals surface area (Å²) in [4.78, 5) is 14.3. The van der Waals surface area contributed by atoms with Gasteiger partial charge in [0.15, 0.2) is 11.6 Å². The molecule has 1 heterocycles. The number of nitrogen functional groups attached to an aromatic ring is 1. The summed E-state index contributed by atoms with van der Waals surface area (Å²) < 4.78 is 4.97. The molecule has 0 radical (unpaired) electrons. The number of rotatable bonds is 2. The third-order valence-corrected chi connectivity index (χ3v) is 1.60. The molecule has 0 spiro atoms. The number of carbonyl (C=O) groups is 1. The molecule has 15 heavy (non-hydrogen) atoms. The van der Waals surface area contributed by atoms with Gasteiger partial charge in [0.25, 0.3) is 0 Å². The SMILES string of the molecule is COc1cc(C#CCC(N)=O)cnc1N. The van der Waals surface area contributed by atoms with Gasteiger partial charge in [0.2, 0.25) is 5.91 Å². The third kappa shape index (κ3) is 3.19. The van der Waals surface area contributed by atoms with Crippen molar-refractivity contribution in [3.05, 3.63) is 17.8 Å². The second kappa shape index (κ2) is 4.86. The number of hydrogen-bond donors (Lipinski definition) is 2. The lowest BCUT2D eigenvalue weighted by molar-refractivity contribution is -0.117. The monoisotopic (exact) mass is 205 g/mol. The van der Waals surface area contributed by atoms with Gasteiger partial charge < -0.3 is 16.2 Å². The molecule has 1 aromatic heterocycles. The van der Waals surface area contributed by atoms with E-state index in [1.165, 1.54) is 13.3 Å². The molecule has 0 aliphatic rings. The molecular formula is C10H11N3O2. The fourth-order valence-corrected chi connectivity index (χ4v) is 0.920. The Kier molecular flexibility index (Phi) is 3.52. The van der Waals surface area contributed by atoms with Gasteiger partial charge in [-0.25, -0.2) is 4.98 Å². The van der Waals surface area contributed by atoms with Crippen LogP contribution in [0.15, 0.2) is 12.3 Å². The summed E-state index contributed by atoms with van der Waals surface area (Å²) in [6.45, 7) is 0. The molecule has 78 valence electrons. The maximum Gasteiger partial charge on any atom is 0.229 e. The Bertz CT molecular complexity index is 432. The Morgan fingerprint density at radius 2 is 2.40 bits per heavy atom. The molecular weight excluding hydrogens is 194 g/mol. The predicted molar refractivity (Wildman–Crippen MR) is 55.9 cm³/mol. The van der Waals surface area contributed by atoms with E-state index in [1.54, 1.807) is 6.07 Å². The van der Waals surface area contributed by atoms with Crippen LogP contribution in [0, 0.1) is 11.8 Å². The normalized spacial score (nSPS) is 8.87. The quantitative estimate of drug-likeness (QED) is 0.659. The number of ether oxygens (including phenoxy) is 1.